The van der Waals surface area contributed by atoms with Gasteiger partial charge in [-0.2, -0.15) is 4.31 Å². The lowest BCUT2D eigenvalue weighted by atomic mass is 10.0. The van der Waals surface area contributed by atoms with Crippen LogP contribution in [-0.4, -0.2) is 74.2 Å². The molecule has 3 atom stereocenters. The quantitative estimate of drug-likeness (QED) is 0.611. The number of aliphatic hydroxyl groups is 1. The van der Waals surface area contributed by atoms with Gasteiger partial charge in [-0.05, 0) is 31.5 Å². The van der Waals surface area contributed by atoms with Crippen LogP contribution in [0.2, 0.25) is 0 Å². The summed E-state index contributed by atoms with van der Waals surface area (Å²) in [4.78, 5) is 14.0. The van der Waals surface area contributed by atoms with Gasteiger partial charge in [0.1, 0.15) is 16.7 Å². The van der Waals surface area contributed by atoms with Gasteiger partial charge in [0.15, 0.2) is 0 Å². The Morgan fingerprint density at radius 3 is 2.67 bits per heavy atom. The average molecular weight is 480 g/mol. The lowest BCUT2D eigenvalue weighted by molar-refractivity contribution is 0.0812. The molecule has 0 fully saturated rings. The first kappa shape index (κ1) is 27.0. The predicted molar refractivity (Wildman–Crippen MR) is 128 cm³/mol. The van der Waals surface area contributed by atoms with Gasteiger partial charge in [-0.3, -0.25) is 0 Å². The summed E-state index contributed by atoms with van der Waals surface area (Å²) in [5, 5.41) is 12.6. The van der Waals surface area contributed by atoms with E-state index in [2.05, 4.69) is 17.2 Å². The number of carbonyl (C=O) groups excluding carboxylic acids is 1. The molecule has 1 aromatic carbocycles. The zero-order chi connectivity index (χ0) is 24.8. The molecule has 1 aliphatic heterocycles. The number of likely N-dealkylation sites (N-methyl/N-ethyl adjacent to an activating group) is 1. The molecule has 0 saturated heterocycles. The first-order valence-electron chi connectivity index (χ1n) is 11.4. The lowest BCUT2D eigenvalue weighted by Crippen LogP contribution is -2.51. The van der Waals surface area contributed by atoms with Crippen LogP contribution in [0.3, 0.4) is 0 Å². The molecule has 0 aliphatic carbocycles. The van der Waals surface area contributed by atoms with Gasteiger partial charge in [0, 0.05) is 43.6 Å². The molecule has 1 aromatic rings. The Morgan fingerprint density at radius 1 is 1.36 bits per heavy atom. The number of sulfonamides is 1. The number of benzene rings is 1. The first-order valence-corrected chi connectivity index (χ1v) is 12.9. The smallest absolute Gasteiger partial charge is 0.317 e. The van der Waals surface area contributed by atoms with E-state index in [9.17, 15) is 18.3 Å². The highest BCUT2D eigenvalue weighted by atomic mass is 32.2. The third kappa shape index (κ3) is 6.85. The van der Waals surface area contributed by atoms with Crippen molar-refractivity contribution < 1.29 is 23.1 Å². The van der Waals surface area contributed by atoms with Crippen molar-refractivity contribution in [2.24, 2.45) is 11.8 Å². The van der Waals surface area contributed by atoms with Gasteiger partial charge in [-0.1, -0.05) is 39.5 Å². The number of fused-ring (bicyclic) bond motifs is 1. The molecule has 184 valence electrons. The van der Waals surface area contributed by atoms with Crippen LogP contribution in [0.4, 0.5) is 4.79 Å². The molecule has 8 nitrogen and oxygen atoms in total. The van der Waals surface area contributed by atoms with Crippen molar-refractivity contribution in [1.82, 2.24) is 14.5 Å². The van der Waals surface area contributed by atoms with Crippen LogP contribution in [-0.2, 0) is 10.0 Å². The maximum Gasteiger partial charge on any atom is 0.317 e. The molecule has 1 heterocycles. The summed E-state index contributed by atoms with van der Waals surface area (Å²) >= 11 is 0. The lowest BCUT2D eigenvalue weighted by Gasteiger charge is -2.37. The van der Waals surface area contributed by atoms with Crippen molar-refractivity contribution in [3.63, 3.8) is 0 Å². The number of hydrogen-bond donors (Lipinski definition) is 2. The number of rotatable bonds is 6. The number of nitrogens with one attached hydrogen (secondary N) is 1. The number of aliphatic hydroxyl groups excluding tert-OH is 1. The average Bonchev–Trinajstić information content (AvgIpc) is 2.77. The maximum absolute atomic E-state index is 13.5. The summed E-state index contributed by atoms with van der Waals surface area (Å²) < 4.78 is 34.5. The number of urea groups is 1. The minimum absolute atomic E-state index is 0.0351. The molecular formula is C24H37N3O5S. The SMILES string of the molecule is CCCNC(=O)N(C)C[C@H]1Oc2cc(C#CC(C)C)ccc2S(=O)(=O)N([C@@H](C)CO)C[C@H]1C. The highest BCUT2D eigenvalue weighted by Crippen LogP contribution is 2.34. The van der Waals surface area contributed by atoms with Crippen LogP contribution in [0, 0.1) is 23.7 Å². The van der Waals surface area contributed by atoms with Crippen molar-refractivity contribution in [2.45, 2.75) is 58.1 Å². The second-order valence-corrected chi connectivity index (χ2v) is 10.8. The molecule has 0 bridgehead atoms. The number of hydrogen-bond acceptors (Lipinski definition) is 5. The van der Waals surface area contributed by atoms with Crippen LogP contribution in [0.25, 0.3) is 0 Å². The maximum atomic E-state index is 13.5. The molecule has 0 unspecified atom stereocenters. The Hall–Kier alpha value is -2.28. The van der Waals surface area contributed by atoms with E-state index in [-0.39, 0.29) is 48.2 Å². The fraction of sp³-hybridized carbons (Fsp3) is 0.625. The number of amides is 2. The third-order valence-electron chi connectivity index (χ3n) is 5.50. The molecule has 2 rings (SSSR count). The Morgan fingerprint density at radius 2 is 2.06 bits per heavy atom. The monoisotopic (exact) mass is 479 g/mol. The molecule has 9 heteroatoms. The molecular weight excluding hydrogens is 442 g/mol. The van der Waals surface area contributed by atoms with Crippen LogP contribution in [0.5, 0.6) is 5.75 Å². The number of carbonyl (C=O) groups is 1. The van der Waals surface area contributed by atoms with Gasteiger partial charge < -0.3 is 20.1 Å². The van der Waals surface area contributed by atoms with Crippen LogP contribution >= 0.6 is 0 Å². The summed E-state index contributed by atoms with van der Waals surface area (Å²) in [6.45, 7) is 10.2. The Labute approximate surface area is 198 Å². The van der Waals surface area contributed by atoms with Gasteiger partial charge in [0.2, 0.25) is 10.0 Å². The highest BCUT2D eigenvalue weighted by Gasteiger charge is 2.38. The van der Waals surface area contributed by atoms with E-state index in [4.69, 9.17) is 4.74 Å². The molecule has 2 amide bonds. The Bertz CT molecular complexity index is 984. The summed E-state index contributed by atoms with van der Waals surface area (Å²) in [5.41, 5.74) is 0.653. The first-order chi connectivity index (χ1) is 15.5. The van der Waals surface area contributed by atoms with Crippen LogP contribution in [0.15, 0.2) is 23.1 Å². The van der Waals surface area contributed by atoms with Crippen molar-refractivity contribution in [1.29, 1.82) is 0 Å². The zero-order valence-electron chi connectivity index (χ0n) is 20.5. The van der Waals surface area contributed by atoms with Gasteiger partial charge in [0.05, 0.1) is 13.2 Å². The topological polar surface area (TPSA) is 99.2 Å². The van der Waals surface area contributed by atoms with Crippen LogP contribution in [0.1, 0.15) is 46.6 Å². The molecule has 1 aliphatic rings. The second-order valence-electron chi connectivity index (χ2n) is 8.94. The summed E-state index contributed by atoms with van der Waals surface area (Å²) in [7, 11) is -2.22. The summed E-state index contributed by atoms with van der Waals surface area (Å²) in [6, 6.07) is 4.01. The largest absolute Gasteiger partial charge is 0.487 e. The molecule has 2 N–H and O–H groups in total. The number of nitrogens with zero attached hydrogens (tertiary/aromatic N) is 2. The van der Waals surface area contributed by atoms with E-state index in [1.807, 2.05) is 27.7 Å². The Balaban J connectivity index is 2.51. The van der Waals surface area contributed by atoms with E-state index < -0.39 is 22.2 Å². The van der Waals surface area contributed by atoms with Gasteiger partial charge in [-0.25, -0.2) is 13.2 Å². The van der Waals surface area contributed by atoms with E-state index in [1.54, 1.807) is 31.0 Å². The number of ether oxygens (including phenoxy) is 1. The van der Waals surface area contributed by atoms with Crippen LogP contribution < -0.4 is 10.1 Å². The van der Waals surface area contributed by atoms with E-state index >= 15 is 0 Å². The van der Waals surface area contributed by atoms with Crippen molar-refractivity contribution in [3.8, 4) is 17.6 Å². The standard InChI is InChI=1S/C24H37N3O5S/c1-7-12-25-24(29)26(6)15-22-18(4)14-27(19(5)16-28)33(30,31)23-11-10-20(9-8-17(2)3)13-21(23)32-22/h10-11,13,17-19,22,28H,7,12,14-16H2,1-6H3,(H,25,29)/t18-,19+,22-/m1/s1. The molecule has 0 aromatic heterocycles. The van der Waals surface area contributed by atoms with E-state index in [0.717, 1.165) is 6.42 Å². The molecule has 0 saturated carbocycles. The van der Waals surface area contributed by atoms with Crippen molar-refractivity contribution in [2.75, 3.05) is 33.3 Å². The van der Waals surface area contributed by atoms with Gasteiger partial charge in [-0.15, -0.1) is 0 Å². The Kier molecular flexibility index (Phi) is 9.58. The summed E-state index contributed by atoms with van der Waals surface area (Å²) in [6.07, 6.45) is 0.369. The molecule has 0 radical (unpaired) electrons. The van der Waals surface area contributed by atoms with Crippen molar-refractivity contribution in [3.05, 3.63) is 23.8 Å². The molecule has 0 spiro atoms. The van der Waals surface area contributed by atoms with Gasteiger partial charge in [0.25, 0.3) is 0 Å². The zero-order valence-corrected chi connectivity index (χ0v) is 21.3. The normalized spacial score (nSPS) is 21.0. The minimum Gasteiger partial charge on any atom is -0.487 e. The summed E-state index contributed by atoms with van der Waals surface area (Å²) in [5.74, 6) is 6.27. The minimum atomic E-state index is -3.91. The van der Waals surface area contributed by atoms with E-state index in [0.29, 0.717) is 12.1 Å². The fourth-order valence-electron chi connectivity index (χ4n) is 3.47. The second kappa shape index (κ2) is 11.7. The predicted octanol–water partition coefficient (Wildman–Crippen LogP) is 2.51. The van der Waals surface area contributed by atoms with Gasteiger partial charge >= 0.3 is 6.03 Å². The highest BCUT2D eigenvalue weighted by molar-refractivity contribution is 7.89. The third-order valence-corrected chi connectivity index (χ3v) is 7.52. The van der Waals surface area contributed by atoms with E-state index in [1.165, 1.54) is 10.4 Å². The van der Waals surface area contributed by atoms with Crippen molar-refractivity contribution >= 4 is 16.1 Å². The molecule has 33 heavy (non-hydrogen) atoms. The fourth-order valence-corrected chi connectivity index (χ4v) is 5.29.